The van der Waals surface area contributed by atoms with Gasteiger partial charge in [0.1, 0.15) is 17.1 Å². The molecule has 0 aliphatic rings. The van der Waals surface area contributed by atoms with Crippen LogP contribution < -0.4 is 4.74 Å². The molecule has 0 aliphatic heterocycles. The zero-order valence-electron chi connectivity index (χ0n) is 8.96. The molecule has 94 valence electrons. The number of halogens is 3. The Kier molecular flexibility index (Phi) is 3.50. The third-order valence-electron chi connectivity index (χ3n) is 2.02. The highest BCUT2D eigenvalue weighted by Gasteiger charge is 2.38. The summed E-state index contributed by atoms with van der Waals surface area (Å²) in [5, 5.41) is 9.39. The summed E-state index contributed by atoms with van der Waals surface area (Å²) in [6.45, 7) is 0. The molecule has 0 unspecified atom stereocenters. The Hall–Kier alpha value is -1.92. The lowest BCUT2D eigenvalue weighted by Crippen LogP contribution is -2.14. The van der Waals surface area contributed by atoms with E-state index >= 15 is 0 Å². The van der Waals surface area contributed by atoms with Crippen LogP contribution in [0, 0.1) is 0 Å². The lowest BCUT2D eigenvalue weighted by molar-refractivity contribution is -0.138. The molecule has 0 fully saturated rings. The van der Waals surface area contributed by atoms with Gasteiger partial charge in [0.15, 0.2) is 0 Å². The Morgan fingerprint density at radius 1 is 1.29 bits per heavy atom. The molecule has 0 atom stereocenters. The summed E-state index contributed by atoms with van der Waals surface area (Å²) in [6.07, 6.45) is -4.80. The van der Waals surface area contributed by atoms with E-state index in [9.17, 15) is 23.1 Å². The van der Waals surface area contributed by atoms with Crippen LogP contribution in [0.3, 0.4) is 0 Å². The number of benzene rings is 1. The van der Waals surface area contributed by atoms with Crippen LogP contribution in [0.5, 0.6) is 11.5 Å². The summed E-state index contributed by atoms with van der Waals surface area (Å²) in [6, 6.07) is 1.52. The molecule has 1 rings (SSSR count). The van der Waals surface area contributed by atoms with Crippen molar-refractivity contribution in [1.29, 1.82) is 0 Å². The van der Waals surface area contributed by atoms with Crippen LogP contribution in [0.25, 0.3) is 0 Å². The van der Waals surface area contributed by atoms with E-state index in [1.54, 1.807) is 0 Å². The minimum Gasteiger partial charge on any atom is -0.507 e. The molecular formula is C10H9F3O4. The highest BCUT2D eigenvalue weighted by atomic mass is 19.4. The number of rotatable bonds is 2. The summed E-state index contributed by atoms with van der Waals surface area (Å²) >= 11 is 0. The van der Waals surface area contributed by atoms with Crippen LogP contribution in [0.4, 0.5) is 13.2 Å². The monoisotopic (exact) mass is 250 g/mol. The van der Waals surface area contributed by atoms with E-state index in [-0.39, 0.29) is 5.75 Å². The van der Waals surface area contributed by atoms with Crippen molar-refractivity contribution < 1.29 is 32.5 Å². The van der Waals surface area contributed by atoms with Gasteiger partial charge in [-0.1, -0.05) is 0 Å². The van der Waals surface area contributed by atoms with E-state index in [1.165, 1.54) is 0 Å². The molecule has 1 aromatic carbocycles. The van der Waals surface area contributed by atoms with E-state index in [0.29, 0.717) is 6.07 Å². The van der Waals surface area contributed by atoms with Crippen molar-refractivity contribution in [2.24, 2.45) is 0 Å². The van der Waals surface area contributed by atoms with Crippen LogP contribution in [0.1, 0.15) is 15.9 Å². The molecule has 0 saturated carbocycles. The molecule has 0 aliphatic carbocycles. The van der Waals surface area contributed by atoms with Crippen molar-refractivity contribution in [3.8, 4) is 11.5 Å². The average Bonchev–Trinajstić information content (AvgIpc) is 2.25. The maximum absolute atomic E-state index is 12.7. The van der Waals surface area contributed by atoms with Crippen molar-refractivity contribution in [3.05, 3.63) is 23.3 Å². The van der Waals surface area contributed by atoms with Gasteiger partial charge in [0.05, 0.1) is 19.8 Å². The SMILES string of the molecule is COC(=O)c1c(O)cc(OC)cc1C(F)(F)F. The Labute approximate surface area is 94.6 Å². The first-order valence-corrected chi connectivity index (χ1v) is 4.37. The van der Waals surface area contributed by atoms with Gasteiger partial charge in [0, 0.05) is 6.07 Å². The first-order chi connectivity index (χ1) is 7.81. The van der Waals surface area contributed by atoms with Crippen molar-refractivity contribution >= 4 is 5.97 Å². The molecule has 1 N–H and O–H groups in total. The number of ether oxygens (including phenoxy) is 2. The molecule has 17 heavy (non-hydrogen) atoms. The number of phenolic OH excluding ortho intramolecular Hbond substituents is 1. The number of methoxy groups -OCH3 is 2. The number of hydrogen-bond donors (Lipinski definition) is 1. The molecule has 0 spiro atoms. The molecule has 7 heteroatoms. The number of esters is 1. The fourth-order valence-electron chi connectivity index (χ4n) is 1.26. The van der Waals surface area contributed by atoms with Crippen LogP contribution >= 0.6 is 0 Å². The largest absolute Gasteiger partial charge is 0.507 e. The minimum atomic E-state index is -4.80. The van der Waals surface area contributed by atoms with Gasteiger partial charge in [-0.25, -0.2) is 4.79 Å². The summed E-state index contributed by atoms with van der Waals surface area (Å²) < 4.78 is 46.8. The first kappa shape index (κ1) is 13.1. The maximum atomic E-state index is 12.7. The number of aromatic hydroxyl groups is 1. The highest BCUT2D eigenvalue weighted by Crippen LogP contribution is 2.38. The molecule has 0 amide bonds. The number of carbonyl (C=O) groups excluding carboxylic acids is 1. The summed E-state index contributed by atoms with van der Waals surface area (Å²) in [7, 11) is 2.07. The molecule has 0 bridgehead atoms. The third kappa shape index (κ3) is 2.61. The van der Waals surface area contributed by atoms with E-state index in [1.807, 2.05) is 0 Å². The minimum absolute atomic E-state index is 0.206. The van der Waals surface area contributed by atoms with Gasteiger partial charge in [-0.05, 0) is 6.07 Å². The second-order valence-electron chi connectivity index (χ2n) is 3.06. The molecule has 1 aromatic rings. The maximum Gasteiger partial charge on any atom is 0.417 e. The second kappa shape index (κ2) is 4.52. The lowest BCUT2D eigenvalue weighted by Gasteiger charge is -2.14. The number of carbonyl (C=O) groups is 1. The van der Waals surface area contributed by atoms with Crippen molar-refractivity contribution in [2.45, 2.75) is 6.18 Å². The van der Waals surface area contributed by atoms with E-state index in [2.05, 4.69) is 9.47 Å². The quantitative estimate of drug-likeness (QED) is 0.817. The van der Waals surface area contributed by atoms with Crippen molar-refractivity contribution in [2.75, 3.05) is 14.2 Å². The molecular weight excluding hydrogens is 241 g/mol. The first-order valence-electron chi connectivity index (χ1n) is 4.37. The molecule has 0 saturated heterocycles. The van der Waals surface area contributed by atoms with Crippen LogP contribution in [0.15, 0.2) is 12.1 Å². The highest BCUT2D eigenvalue weighted by molar-refractivity contribution is 5.94. The molecule has 0 heterocycles. The van der Waals surface area contributed by atoms with E-state index in [4.69, 9.17) is 0 Å². The Morgan fingerprint density at radius 2 is 1.88 bits per heavy atom. The number of phenols is 1. The average molecular weight is 250 g/mol. The predicted octanol–water partition coefficient (Wildman–Crippen LogP) is 2.21. The predicted molar refractivity (Wildman–Crippen MR) is 51.0 cm³/mol. The van der Waals surface area contributed by atoms with Gasteiger partial charge in [0.25, 0.3) is 0 Å². The van der Waals surface area contributed by atoms with Gasteiger partial charge in [-0.2, -0.15) is 13.2 Å². The smallest absolute Gasteiger partial charge is 0.417 e. The molecule has 0 radical (unpaired) electrons. The lowest BCUT2D eigenvalue weighted by atomic mass is 10.1. The van der Waals surface area contributed by atoms with Gasteiger partial charge in [-0.15, -0.1) is 0 Å². The standard InChI is InChI=1S/C10H9F3O4/c1-16-5-3-6(10(11,12)13)8(7(14)4-5)9(15)17-2/h3-4,14H,1-2H3. The van der Waals surface area contributed by atoms with Crippen molar-refractivity contribution in [1.82, 2.24) is 0 Å². The Balaban J connectivity index is 3.51. The Bertz CT molecular complexity index is 440. The molecule has 4 nitrogen and oxygen atoms in total. The zero-order valence-corrected chi connectivity index (χ0v) is 8.96. The number of hydrogen-bond acceptors (Lipinski definition) is 4. The van der Waals surface area contributed by atoms with Crippen LogP contribution in [-0.2, 0) is 10.9 Å². The van der Waals surface area contributed by atoms with E-state index in [0.717, 1.165) is 20.3 Å². The fourth-order valence-corrected chi connectivity index (χ4v) is 1.26. The van der Waals surface area contributed by atoms with Gasteiger partial charge >= 0.3 is 12.1 Å². The third-order valence-corrected chi connectivity index (χ3v) is 2.02. The normalized spacial score (nSPS) is 11.1. The fraction of sp³-hybridized carbons (Fsp3) is 0.300. The van der Waals surface area contributed by atoms with Gasteiger partial charge < -0.3 is 14.6 Å². The summed E-state index contributed by atoms with van der Waals surface area (Å²) in [5.74, 6) is -2.32. The van der Waals surface area contributed by atoms with Crippen molar-refractivity contribution in [3.63, 3.8) is 0 Å². The van der Waals surface area contributed by atoms with Crippen LogP contribution in [0.2, 0.25) is 0 Å². The van der Waals surface area contributed by atoms with Gasteiger partial charge in [0.2, 0.25) is 0 Å². The molecule has 0 aromatic heterocycles. The summed E-state index contributed by atoms with van der Waals surface area (Å²) in [5.41, 5.74) is -2.23. The second-order valence-corrected chi connectivity index (χ2v) is 3.06. The summed E-state index contributed by atoms with van der Waals surface area (Å²) in [4.78, 5) is 11.2. The zero-order chi connectivity index (χ0) is 13.2. The topological polar surface area (TPSA) is 55.8 Å². The van der Waals surface area contributed by atoms with Crippen LogP contribution in [-0.4, -0.2) is 25.3 Å². The van der Waals surface area contributed by atoms with Gasteiger partial charge in [-0.3, -0.25) is 0 Å². The van der Waals surface area contributed by atoms with E-state index < -0.39 is 29.0 Å². The Morgan fingerprint density at radius 3 is 2.29 bits per heavy atom. The number of alkyl halides is 3.